The zero-order valence-corrected chi connectivity index (χ0v) is 18.1. The van der Waals surface area contributed by atoms with Crippen molar-refractivity contribution in [3.05, 3.63) is 71.0 Å². The third-order valence-electron chi connectivity index (χ3n) is 5.03. The van der Waals surface area contributed by atoms with E-state index in [0.29, 0.717) is 24.5 Å². The molecule has 6 nitrogen and oxygen atoms in total. The van der Waals surface area contributed by atoms with Crippen LogP contribution in [0.4, 0.5) is 0 Å². The number of carbonyl (C=O) groups excluding carboxylic acids is 1. The van der Waals surface area contributed by atoms with Crippen molar-refractivity contribution < 1.29 is 14.3 Å². The first-order chi connectivity index (χ1) is 14.5. The molecule has 0 atom stereocenters. The lowest BCUT2D eigenvalue weighted by Gasteiger charge is -2.12. The van der Waals surface area contributed by atoms with Gasteiger partial charge in [-0.05, 0) is 49.6 Å². The van der Waals surface area contributed by atoms with E-state index in [9.17, 15) is 4.79 Å². The molecule has 6 heteroatoms. The minimum atomic E-state index is -0.158. The summed E-state index contributed by atoms with van der Waals surface area (Å²) in [5, 5.41) is 7.39. The molecular formula is C24H29N3O3. The second-order valence-electron chi connectivity index (χ2n) is 7.21. The van der Waals surface area contributed by atoms with Crippen molar-refractivity contribution in [2.24, 2.45) is 0 Å². The van der Waals surface area contributed by atoms with Crippen LogP contribution in [0.15, 0.2) is 48.7 Å². The van der Waals surface area contributed by atoms with Gasteiger partial charge in [0.1, 0.15) is 0 Å². The number of para-hydroxylation sites is 1. The summed E-state index contributed by atoms with van der Waals surface area (Å²) in [4.78, 5) is 12.7. The van der Waals surface area contributed by atoms with Crippen LogP contribution in [-0.2, 0) is 6.54 Å². The maximum Gasteiger partial charge on any atom is 0.255 e. The largest absolute Gasteiger partial charge is 0.493 e. The highest BCUT2D eigenvalue weighted by molar-refractivity contribution is 5.95. The summed E-state index contributed by atoms with van der Waals surface area (Å²) in [5.41, 5.74) is 4.37. The molecule has 1 aromatic heterocycles. The van der Waals surface area contributed by atoms with Gasteiger partial charge in [0.2, 0.25) is 0 Å². The van der Waals surface area contributed by atoms with Crippen molar-refractivity contribution >= 4 is 5.91 Å². The average Bonchev–Trinajstić information content (AvgIpc) is 3.14. The predicted octanol–water partition coefficient (Wildman–Crippen LogP) is 4.61. The smallest absolute Gasteiger partial charge is 0.255 e. The first-order valence-electron chi connectivity index (χ1n) is 10.2. The SMILES string of the molecule is CCCCOc1ccc(CNC(=O)c2cnn(-c3ccccc3C)c2C)cc1OC. The third kappa shape index (κ3) is 4.82. The maximum absolute atomic E-state index is 12.7. The van der Waals surface area contributed by atoms with Crippen LogP contribution in [0.2, 0.25) is 0 Å². The standard InChI is InChI=1S/C24H29N3O3/c1-5-6-13-30-22-12-11-19(14-23(22)29-4)15-25-24(28)20-16-26-27(18(20)3)21-10-8-7-9-17(21)2/h7-12,14,16H,5-6,13,15H2,1-4H3,(H,25,28). The average molecular weight is 408 g/mol. The van der Waals surface area contributed by atoms with Crippen LogP contribution in [0.1, 0.15) is 46.9 Å². The van der Waals surface area contributed by atoms with E-state index >= 15 is 0 Å². The molecule has 0 fully saturated rings. The van der Waals surface area contributed by atoms with Crippen LogP contribution in [0.3, 0.4) is 0 Å². The summed E-state index contributed by atoms with van der Waals surface area (Å²) in [6.45, 7) is 7.10. The molecule has 2 aromatic carbocycles. The normalized spacial score (nSPS) is 10.7. The fourth-order valence-corrected chi connectivity index (χ4v) is 3.22. The number of amides is 1. The van der Waals surface area contributed by atoms with Gasteiger partial charge in [0, 0.05) is 6.54 Å². The molecule has 0 aliphatic carbocycles. The fraction of sp³-hybridized carbons (Fsp3) is 0.333. The van der Waals surface area contributed by atoms with Crippen molar-refractivity contribution in [2.45, 2.75) is 40.2 Å². The predicted molar refractivity (Wildman–Crippen MR) is 118 cm³/mol. The van der Waals surface area contributed by atoms with Gasteiger partial charge < -0.3 is 14.8 Å². The van der Waals surface area contributed by atoms with E-state index in [1.165, 1.54) is 0 Å². The lowest BCUT2D eigenvalue weighted by molar-refractivity contribution is 0.0950. The summed E-state index contributed by atoms with van der Waals surface area (Å²) in [5.74, 6) is 1.23. The Hall–Kier alpha value is -3.28. The number of nitrogens with one attached hydrogen (secondary N) is 1. The van der Waals surface area contributed by atoms with Gasteiger partial charge in [-0.2, -0.15) is 5.10 Å². The van der Waals surface area contributed by atoms with Crippen LogP contribution >= 0.6 is 0 Å². The molecule has 0 aliphatic heterocycles. The molecule has 30 heavy (non-hydrogen) atoms. The molecule has 0 radical (unpaired) electrons. The van der Waals surface area contributed by atoms with E-state index in [1.54, 1.807) is 18.0 Å². The molecule has 0 spiro atoms. The Morgan fingerprint density at radius 3 is 2.67 bits per heavy atom. The van der Waals surface area contributed by atoms with Gasteiger partial charge in [-0.1, -0.05) is 37.6 Å². The Morgan fingerprint density at radius 1 is 1.13 bits per heavy atom. The molecule has 0 unspecified atom stereocenters. The second-order valence-corrected chi connectivity index (χ2v) is 7.21. The maximum atomic E-state index is 12.7. The Kier molecular flexibility index (Phi) is 7.12. The number of unbranched alkanes of at least 4 members (excludes halogenated alkanes) is 1. The highest BCUT2D eigenvalue weighted by Crippen LogP contribution is 2.28. The lowest BCUT2D eigenvalue weighted by Crippen LogP contribution is -2.23. The van der Waals surface area contributed by atoms with Crippen molar-refractivity contribution in [1.29, 1.82) is 0 Å². The monoisotopic (exact) mass is 407 g/mol. The van der Waals surface area contributed by atoms with E-state index < -0.39 is 0 Å². The zero-order chi connectivity index (χ0) is 21.5. The summed E-state index contributed by atoms with van der Waals surface area (Å²) in [6.07, 6.45) is 3.69. The number of nitrogens with zero attached hydrogens (tertiary/aromatic N) is 2. The first-order valence-corrected chi connectivity index (χ1v) is 10.2. The minimum absolute atomic E-state index is 0.158. The Morgan fingerprint density at radius 2 is 1.93 bits per heavy atom. The number of ether oxygens (including phenoxy) is 2. The van der Waals surface area contributed by atoms with Gasteiger partial charge in [0.15, 0.2) is 11.5 Å². The Bertz CT molecular complexity index is 1010. The molecular weight excluding hydrogens is 378 g/mol. The number of carbonyl (C=O) groups is 1. The fourth-order valence-electron chi connectivity index (χ4n) is 3.22. The second kappa shape index (κ2) is 9.96. The molecule has 0 saturated carbocycles. The molecule has 0 bridgehead atoms. The topological polar surface area (TPSA) is 65.4 Å². The van der Waals surface area contributed by atoms with Gasteiger partial charge in [-0.25, -0.2) is 4.68 Å². The summed E-state index contributed by atoms with van der Waals surface area (Å²) < 4.78 is 13.0. The molecule has 0 aliphatic rings. The number of rotatable bonds is 9. The number of benzene rings is 2. The van der Waals surface area contributed by atoms with Gasteiger partial charge in [0.25, 0.3) is 5.91 Å². The van der Waals surface area contributed by atoms with Crippen LogP contribution in [0, 0.1) is 13.8 Å². The number of hydrogen-bond donors (Lipinski definition) is 1. The lowest BCUT2D eigenvalue weighted by atomic mass is 10.1. The van der Waals surface area contributed by atoms with Gasteiger partial charge in [-0.15, -0.1) is 0 Å². The molecule has 0 saturated heterocycles. The van der Waals surface area contributed by atoms with E-state index in [0.717, 1.165) is 41.1 Å². The molecule has 158 valence electrons. The van der Waals surface area contributed by atoms with Crippen LogP contribution in [-0.4, -0.2) is 29.4 Å². The third-order valence-corrected chi connectivity index (χ3v) is 5.03. The Labute approximate surface area is 177 Å². The highest BCUT2D eigenvalue weighted by Gasteiger charge is 2.16. The van der Waals surface area contributed by atoms with E-state index in [-0.39, 0.29) is 5.91 Å². The quantitative estimate of drug-likeness (QED) is 0.526. The van der Waals surface area contributed by atoms with Crippen molar-refractivity contribution in [1.82, 2.24) is 15.1 Å². The number of methoxy groups -OCH3 is 1. The van der Waals surface area contributed by atoms with Crippen molar-refractivity contribution in [2.75, 3.05) is 13.7 Å². The van der Waals surface area contributed by atoms with Crippen LogP contribution in [0.25, 0.3) is 5.69 Å². The number of hydrogen-bond acceptors (Lipinski definition) is 4. The van der Waals surface area contributed by atoms with E-state index in [4.69, 9.17) is 9.47 Å². The molecule has 1 N–H and O–H groups in total. The minimum Gasteiger partial charge on any atom is -0.493 e. The number of aryl methyl sites for hydroxylation is 1. The van der Waals surface area contributed by atoms with Gasteiger partial charge >= 0.3 is 0 Å². The van der Waals surface area contributed by atoms with E-state index in [1.807, 2.05) is 56.3 Å². The molecule has 3 aromatic rings. The van der Waals surface area contributed by atoms with Crippen molar-refractivity contribution in [3.8, 4) is 17.2 Å². The number of aromatic nitrogens is 2. The zero-order valence-electron chi connectivity index (χ0n) is 18.1. The molecule has 1 amide bonds. The van der Waals surface area contributed by atoms with Gasteiger partial charge in [0.05, 0.1) is 36.9 Å². The van der Waals surface area contributed by atoms with E-state index in [2.05, 4.69) is 17.3 Å². The Balaban J connectivity index is 1.68. The van der Waals surface area contributed by atoms with Crippen LogP contribution in [0.5, 0.6) is 11.5 Å². The first kappa shape index (κ1) is 21.4. The molecule has 1 heterocycles. The highest BCUT2D eigenvalue weighted by atomic mass is 16.5. The summed E-state index contributed by atoms with van der Waals surface area (Å²) in [6, 6.07) is 13.7. The summed E-state index contributed by atoms with van der Waals surface area (Å²) >= 11 is 0. The van der Waals surface area contributed by atoms with Crippen LogP contribution < -0.4 is 14.8 Å². The van der Waals surface area contributed by atoms with Gasteiger partial charge in [-0.3, -0.25) is 4.79 Å². The molecule has 3 rings (SSSR count). The summed E-state index contributed by atoms with van der Waals surface area (Å²) in [7, 11) is 1.62. The van der Waals surface area contributed by atoms with Crippen molar-refractivity contribution in [3.63, 3.8) is 0 Å².